The van der Waals surface area contributed by atoms with Crippen molar-refractivity contribution in [3.63, 3.8) is 0 Å². The number of likely N-dealkylation sites (tertiary alicyclic amines) is 1. The molecule has 0 saturated carbocycles. The van der Waals surface area contributed by atoms with E-state index in [1.807, 2.05) is 13.0 Å². The third-order valence-corrected chi connectivity index (χ3v) is 10.0. The summed E-state index contributed by atoms with van der Waals surface area (Å²) in [6, 6.07) is 15.7. The lowest BCUT2D eigenvalue weighted by atomic mass is 9.76. The van der Waals surface area contributed by atoms with E-state index in [4.69, 9.17) is 19.2 Å². The van der Waals surface area contributed by atoms with Crippen LogP contribution in [-0.4, -0.2) is 92.4 Å². The van der Waals surface area contributed by atoms with Gasteiger partial charge in [0.15, 0.2) is 23.1 Å². The number of hydrogen-bond acceptors (Lipinski definition) is 7. The Bertz CT molecular complexity index is 1800. The molecular formula is C38H45F2N5O4. The Labute approximate surface area is 286 Å². The van der Waals surface area contributed by atoms with Gasteiger partial charge in [-0.3, -0.25) is 4.79 Å². The highest BCUT2D eigenvalue weighted by Gasteiger charge is 2.42. The van der Waals surface area contributed by atoms with Crippen molar-refractivity contribution in [3.05, 3.63) is 89.5 Å². The van der Waals surface area contributed by atoms with Crippen LogP contribution < -0.4 is 19.1 Å². The van der Waals surface area contributed by atoms with Crippen LogP contribution in [0, 0.1) is 11.6 Å². The monoisotopic (exact) mass is 673 g/mol. The number of para-hydroxylation sites is 2. The molecule has 0 bridgehead atoms. The van der Waals surface area contributed by atoms with E-state index >= 15 is 0 Å². The zero-order chi connectivity index (χ0) is 34.5. The zero-order valence-corrected chi connectivity index (χ0v) is 28.8. The van der Waals surface area contributed by atoms with Gasteiger partial charge in [0.1, 0.15) is 0 Å². The minimum Gasteiger partial charge on any atom is -0.493 e. The van der Waals surface area contributed by atoms with Gasteiger partial charge < -0.3 is 33.5 Å². The van der Waals surface area contributed by atoms with Crippen LogP contribution in [0.2, 0.25) is 0 Å². The Kier molecular flexibility index (Phi) is 10.4. The fraction of sp³-hybridized carbons (Fsp3) is 0.421. The highest BCUT2D eigenvalue weighted by Crippen LogP contribution is 2.42. The van der Waals surface area contributed by atoms with E-state index in [-0.39, 0.29) is 5.91 Å². The predicted molar refractivity (Wildman–Crippen MR) is 187 cm³/mol. The number of imidazole rings is 1. The van der Waals surface area contributed by atoms with Gasteiger partial charge in [-0.15, -0.1) is 0 Å². The van der Waals surface area contributed by atoms with E-state index in [9.17, 15) is 13.6 Å². The number of ether oxygens (including phenoxy) is 3. The first-order valence-corrected chi connectivity index (χ1v) is 16.9. The van der Waals surface area contributed by atoms with Gasteiger partial charge in [-0.25, -0.2) is 13.8 Å². The first-order valence-electron chi connectivity index (χ1n) is 16.9. The standard InChI is InChI=1S/C38H45F2N5O4/c1-5-6-18-45-32-11-8-7-10-31(32)41-37(45)43-17-9-16-42(21-22-43)19-14-38(28-12-13-29(39)30(40)25-28)15-20-44(26-38)36(46)27-23-33(47-2)35(49-4)34(24-27)48-3/h5-8,10-13,23-25H,9,14-22,26H2,1-4H3/b6-5+. The van der Waals surface area contributed by atoms with Crippen molar-refractivity contribution in [1.29, 1.82) is 0 Å². The van der Waals surface area contributed by atoms with Gasteiger partial charge in [-0.1, -0.05) is 30.4 Å². The van der Waals surface area contributed by atoms with E-state index < -0.39 is 17.0 Å². The van der Waals surface area contributed by atoms with Crippen LogP contribution in [0.3, 0.4) is 0 Å². The molecule has 2 fully saturated rings. The molecular weight excluding hydrogens is 628 g/mol. The second-order valence-electron chi connectivity index (χ2n) is 12.8. The molecule has 0 aliphatic carbocycles. The number of hydrogen-bond donors (Lipinski definition) is 0. The normalized spacial score (nSPS) is 18.7. The summed E-state index contributed by atoms with van der Waals surface area (Å²) < 4.78 is 47.5. The number of allylic oxidation sites excluding steroid dienone is 2. The SMILES string of the molecule is C/C=C/Cn1c(N2CCCN(CCC3(c4ccc(F)c(F)c4)CCN(C(=O)c4cc(OC)c(OC)c(OC)c4)C3)CC2)nc2ccccc21. The summed E-state index contributed by atoms with van der Waals surface area (Å²) in [5.41, 5.74) is 2.68. The van der Waals surface area contributed by atoms with E-state index in [2.05, 4.69) is 44.7 Å². The van der Waals surface area contributed by atoms with Crippen LogP contribution in [0.5, 0.6) is 17.2 Å². The molecule has 0 N–H and O–H groups in total. The molecule has 1 atom stereocenters. The highest BCUT2D eigenvalue weighted by atomic mass is 19.2. The van der Waals surface area contributed by atoms with Crippen LogP contribution in [0.25, 0.3) is 11.0 Å². The molecule has 4 aromatic rings. The summed E-state index contributed by atoms with van der Waals surface area (Å²) >= 11 is 0. The van der Waals surface area contributed by atoms with Gasteiger partial charge in [-0.2, -0.15) is 0 Å². The number of fused-ring (bicyclic) bond motifs is 1. The summed E-state index contributed by atoms with van der Waals surface area (Å²) in [5, 5.41) is 0. The Balaban J connectivity index is 1.20. The average molecular weight is 674 g/mol. The first-order chi connectivity index (χ1) is 23.8. The number of carbonyl (C=O) groups is 1. The lowest BCUT2D eigenvalue weighted by molar-refractivity contribution is 0.0780. The van der Waals surface area contributed by atoms with Crippen molar-refractivity contribution in [2.45, 2.75) is 38.1 Å². The molecule has 49 heavy (non-hydrogen) atoms. The maximum Gasteiger partial charge on any atom is 0.254 e. The lowest BCUT2D eigenvalue weighted by Gasteiger charge is -2.33. The molecule has 2 aliphatic heterocycles. The lowest BCUT2D eigenvalue weighted by Crippen LogP contribution is -2.39. The second kappa shape index (κ2) is 14.9. The molecule has 3 heterocycles. The number of nitrogens with zero attached hydrogens (tertiary/aromatic N) is 5. The van der Waals surface area contributed by atoms with Crippen molar-refractivity contribution in [2.24, 2.45) is 0 Å². The molecule has 2 saturated heterocycles. The molecule has 2 aliphatic rings. The number of carbonyl (C=O) groups excluding carboxylic acids is 1. The Morgan fingerprint density at radius 2 is 1.69 bits per heavy atom. The van der Waals surface area contributed by atoms with E-state index in [1.165, 1.54) is 33.5 Å². The molecule has 260 valence electrons. The van der Waals surface area contributed by atoms with Gasteiger partial charge in [0.05, 0.1) is 32.4 Å². The van der Waals surface area contributed by atoms with Crippen LogP contribution in [0.15, 0.2) is 66.7 Å². The Morgan fingerprint density at radius 1 is 0.918 bits per heavy atom. The molecule has 9 nitrogen and oxygen atoms in total. The third-order valence-electron chi connectivity index (χ3n) is 10.0. The van der Waals surface area contributed by atoms with Gasteiger partial charge in [0.2, 0.25) is 11.7 Å². The minimum atomic E-state index is -0.879. The average Bonchev–Trinajstić information content (AvgIpc) is 3.64. The van der Waals surface area contributed by atoms with Gasteiger partial charge in [-0.05, 0) is 81.2 Å². The van der Waals surface area contributed by atoms with Crippen LogP contribution in [0.4, 0.5) is 14.7 Å². The largest absolute Gasteiger partial charge is 0.493 e. The molecule has 0 spiro atoms. The number of methoxy groups -OCH3 is 3. The first kappa shape index (κ1) is 34.2. The zero-order valence-electron chi connectivity index (χ0n) is 28.8. The van der Waals surface area contributed by atoms with Crippen molar-refractivity contribution in [3.8, 4) is 17.2 Å². The van der Waals surface area contributed by atoms with E-state index in [0.717, 1.165) is 62.7 Å². The maximum atomic E-state index is 14.7. The van der Waals surface area contributed by atoms with Crippen molar-refractivity contribution in [2.75, 3.05) is 72.0 Å². The van der Waals surface area contributed by atoms with Crippen LogP contribution in [-0.2, 0) is 12.0 Å². The fourth-order valence-corrected chi connectivity index (χ4v) is 7.30. The maximum absolute atomic E-state index is 14.7. The smallest absolute Gasteiger partial charge is 0.254 e. The third kappa shape index (κ3) is 6.94. The highest BCUT2D eigenvalue weighted by molar-refractivity contribution is 5.96. The summed E-state index contributed by atoms with van der Waals surface area (Å²) in [6.45, 7) is 7.87. The van der Waals surface area contributed by atoms with E-state index in [0.29, 0.717) is 54.3 Å². The van der Waals surface area contributed by atoms with Crippen LogP contribution in [0.1, 0.15) is 42.1 Å². The van der Waals surface area contributed by atoms with Crippen molar-refractivity contribution >= 4 is 22.9 Å². The summed E-state index contributed by atoms with van der Waals surface area (Å²) in [5.74, 6) is 0.233. The molecule has 11 heteroatoms. The van der Waals surface area contributed by atoms with Gasteiger partial charge in [0, 0.05) is 50.2 Å². The molecule has 1 aromatic heterocycles. The fourth-order valence-electron chi connectivity index (χ4n) is 7.30. The molecule has 1 unspecified atom stereocenters. The molecule has 3 aromatic carbocycles. The number of amides is 1. The number of anilines is 1. The number of benzene rings is 3. The van der Waals surface area contributed by atoms with Crippen molar-refractivity contribution in [1.82, 2.24) is 19.4 Å². The number of aromatic nitrogens is 2. The van der Waals surface area contributed by atoms with Gasteiger partial charge >= 0.3 is 0 Å². The Hall–Kier alpha value is -4.64. The summed E-state index contributed by atoms with van der Waals surface area (Å²) in [4.78, 5) is 25.6. The van der Waals surface area contributed by atoms with Crippen LogP contribution >= 0.6 is 0 Å². The minimum absolute atomic E-state index is 0.185. The molecule has 1 amide bonds. The summed E-state index contributed by atoms with van der Waals surface area (Å²) in [7, 11) is 4.54. The number of rotatable bonds is 11. The van der Waals surface area contributed by atoms with E-state index in [1.54, 1.807) is 23.1 Å². The Morgan fingerprint density at radius 3 is 2.41 bits per heavy atom. The summed E-state index contributed by atoms with van der Waals surface area (Å²) in [6.07, 6.45) is 6.50. The quantitative estimate of drug-likeness (QED) is 0.173. The second-order valence-corrected chi connectivity index (χ2v) is 12.8. The number of halogens is 2. The molecule has 0 radical (unpaired) electrons. The predicted octanol–water partition coefficient (Wildman–Crippen LogP) is 6.30. The van der Waals surface area contributed by atoms with Gasteiger partial charge in [0.25, 0.3) is 5.91 Å². The molecule has 6 rings (SSSR count). The topological polar surface area (TPSA) is 72.3 Å². The van der Waals surface area contributed by atoms with Crippen molar-refractivity contribution < 1.29 is 27.8 Å².